The molecule has 0 aliphatic carbocycles. The van der Waals surface area contributed by atoms with E-state index in [-0.39, 0.29) is 13.0 Å². The van der Waals surface area contributed by atoms with Crippen LogP contribution in [0, 0.1) is 23.2 Å². The molecule has 1 aromatic carbocycles. The molecule has 3 heteroatoms. The van der Waals surface area contributed by atoms with Crippen molar-refractivity contribution in [2.75, 3.05) is 0 Å². The van der Waals surface area contributed by atoms with E-state index in [2.05, 4.69) is 11.8 Å². The van der Waals surface area contributed by atoms with Gasteiger partial charge in [0.15, 0.2) is 0 Å². The van der Waals surface area contributed by atoms with Gasteiger partial charge in [0.25, 0.3) is 0 Å². The molecular formula is C11H8ClNO. The van der Waals surface area contributed by atoms with E-state index in [9.17, 15) is 0 Å². The minimum atomic E-state index is -0.0376. The van der Waals surface area contributed by atoms with Gasteiger partial charge in [-0.2, -0.15) is 5.26 Å². The van der Waals surface area contributed by atoms with Crippen molar-refractivity contribution in [2.24, 2.45) is 0 Å². The molecule has 14 heavy (non-hydrogen) atoms. The number of hydrogen-bond donors (Lipinski definition) is 1. The van der Waals surface area contributed by atoms with Gasteiger partial charge in [-0.25, -0.2) is 0 Å². The summed E-state index contributed by atoms with van der Waals surface area (Å²) in [6.45, 7) is -0.0376. The van der Waals surface area contributed by atoms with Gasteiger partial charge >= 0.3 is 0 Å². The number of nitriles is 1. The molecule has 0 radical (unpaired) electrons. The Morgan fingerprint density at radius 2 is 2.21 bits per heavy atom. The number of halogens is 1. The van der Waals surface area contributed by atoms with Gasteiger partial charge in [0.2, 0.25) is 0 Å². The van der Waals surface area contributed by atoms with Crippen molar-refractivity contribution in [3.63, 3.8) is 0 Å². The molecule has 0 saturated carbocycles. The van der Waals surface area contributed by atoms with Gasteiger partial charge in [-0.3, -0.25) is 0 Å². The van der Waals surface area contributed by atoms with Crippen molar-refractivity contribution in [3.05, 3.63) is 34.3 Å². The Kier molecular flexibility index (Phi) is 4.01. The van der Waals surface area contributed by atoms with Crippen molar-refractivity contribution in [2.45, 2.75) is 13.0 Å². The Morgan fingerprint density at radius 1 is 1.43 bits per heavy atom. The van der Waals surface area contributed by atoms with Gasteiger partial charge < -0.3 is 5.11 Å². The number of nitrogens with zero attached hydrogens (tertiary/aromatic N) is 1. The molecule has 0 aliphatic rings. The first-order valence-corrected chi connectivity index (χ1v) is 4.41. The molecule has 0 saturated heterocycles. The summed E-state index contributed by atoms with van der Waals surface area (Å²) in [7, 11) is 0. The van der Waals surface area contributed by atoms with Crippen LogP contribution in [0.4, 0.5) is 0 Å². The second-order valence-electron chi connectivity index (χ2n) is 2.61. The normalized spacial score (nSPS) is 8.64. The number of rotatable bonds is 1. The van der Waals surface area contributed by atoms with Crippen molar-refractivity contribution in [1.82, 2.24) is 0 Å². The highest BCUT2D eigenvalue weighted by Crippen LogP contribution is 2.16. The highest BCUT2D eigenvalue weighted by molar-refractivity contribution is 6.31. The summed E-state index contributed by atoms with van der Waals surface area (Å²) in [5.74, 6) is 5.44. The number of aliphatic hydroxyl groups excluding tert-OH is 1. The van der Waals surface area contributed by atoms with Crippen LogP contribution in [-0.4, -0.2) is 5.11 Å². The third-order valence-electron chi connectivity index (χ3n) is 1.60. The molecule has 0 spiro atoms. The van der Waals surface area contributed by atoms with Crippen LogP contribution < -0.4 is 0 Å². The SMILES string of the molecule is N#CCC#Cc1cc(CO)ccc1Cl. The van der Waals surface area contributed by atoms with Crippen LogP contribution in [0.25, 0.3) is 0 Å². The monoisotopic (exact) mass is 205 g/mol. The first-order chi connectivity index (χ1) is 6.77. The van der Waals surface area contributed by atoms with E-state index in [0.717, 1.165) is 5.56 Å². The van der Waals surface area contributed by atoms with Crippen LogP contribution in [0.3, 0.4) is 0 Å². The van der Waals surface area contributed by atoms with E-state index in [1.54, 1.807) is 18.2 Å². The van der Waals surface area contributed by atoms with Gasteiger partial charge in [0.1, 0.15) is 0 Å². The topological polar surface area (TPSA) is 44.0 Å². The summed E-state index contributed by atoms with van der Waals surface area (Å²) in [5.41, 5.74) is 1.41. The van der Waals surface area contributed by atoms with Crippen LogP contribution in [0.2, 0.25) is 5.02 Å². The number of benzene rings is 1. The molecule has 0 atom stereocenters. The molecule has 0 unspecified atom stereocenters. The maximum absolute atomic E-state index is 8.88. The molecule has 0 aromatic heterocycles. The van der Waals surface area contributed by atoms with Crippen LogP contribution in [0.15, 0.2) is 18.2 Å². The Morgan fingerprint density at radius 3 is 2.86 bits per heavy atom. The van der Waals surface area contributed by atoms with Gasteiger partial charge in [0.05, 0.1) is 24.1 Å². The highest BCUT2D eigenvalue weighted by atomic mass is 35.5. The Balaban J connectivity index is 2.98. The second-order valence-corrected chi connectivity index (χ2v) is 3.02. The van der Waals surface area contributed by atoms with Crippen molar-refractivity contribution < 1.29 is 5.11 Å². The summed E-state index contributed by atoms with van der Waals surface area (Å²) < 4.78 is 0. The molecule has 70 valence electrons. The third kappa shape index (κ3) is 2.78. The fraction of sp³-hybridized carbons (Fsp3) is 0.182. The van der Waals surface area contributed by atoms with Crippen LogP contribution in [-0.2, 0) is 6.61 Å². The van der Waals surface area contributed by atoms with E-state index >= 15 is 0 Å². The lowest BCUT2D eigenvalue weighted by atomic mass is 10.1. The second kappa shape index (κ2) is 5.29. The van der Waals surface area contributed by atoms with Crippen LogP contribution >= 0.6 is 11.6 Å². The van der Waals surface area contributed by atoms with Gasteiger partial charge in [0, 0.05) is 5.56 Å². The molecule has 0 fully saturated rings. The molecule has 1 N–H and O–H groups in total. The van der Waals surface area contributed by atoms with E-state index in [1.807, 2.05) is 6.07 Å². The quantitative estimate of drug-likeness (QED) is 0.714. The van der Waals surface area contributed by atoms with E-state index in [1.165, 1.54) is 0 Å². The van der Waals surface area contributed by atoms with Crippen molar-refractivity contribution in [3.8, 4) is 17.9 Å². The lowest BCUT2D eigenvalue weighted by molar-refractivity contribution is 0.282. The fourth-order valence-corrected chi connectivity index (χ4v) is 1.11. The predicted molar refractivity (Wildman–Crippen MR) is 54.5 cm³/mol. The number of aliphatic hydroxyl groups is 1. The minimum Gasteiger partial charge on any atom is -0.392 e. The lowest BCUT2D eigenvalue weighted by Gasteiger charge is -1.98. The maximum Gasteiger partial charge on any atom is 0.0966 e. The molecule has 0 bridgehead atoms. The van der Waals surface area contributed by atoms with Crippen LogP contribution in [0.1, 0.15) is 17.5 Å². The number of hydrogen-bond acceptors (Lipinski definition) is 2. The minimum absolute atomic E-state index is 0.0376. The first kappa shape index (κ1) is 10.6. The summed E-state index contributed by atoms with van der Waals surface area (Å²) >= 11 is 5.87. The highest BCUT2D eigenvalue weighted by Gasteiger charge is 1.97. The van der Waals surface area contributed by atoms with Crippen LogP contribution in [0.5, 0.6) is 0 Å². The van der Waals surface area contributed by atoms with Crippen molar-refractivity contribution >= 4 is 11.6 Å². The molecular weight excluding hydrogens is 198 g/mol. The standard InChI is InChI=1S/C11H8ClNO/c12-11-5-4-9(8-14)7-10(11)3-1-2-6-13/h4-5,7,14H,2,8H2. The van der Waals surface area contributed by atoms with Gasteiger partial charge in [-0.05, 0) is 17.7 Å². The predicted octanol–water partition coefficient (Wildman–Crippen LogP) is 2.10. The first-order valence-electron chi connectivity index (χ1n) is 4.03. The molecule has 0 heterocycles. The van der Waals surface area contributed by atoms with E-state index in [4.69, 9.17) is 22.0 Å². The van der Waals surface area contributed by atoms with Crippen molar-refractivity contribution in [1.29, 1.82) is 5.26 Å². The summed E-state index contributed by atoms with van der Waals surface area (Å²) in [6, 6.07) is 7.05. The Bertz CT molecular complexity index is 423. The average molecular weight is 206 g/mol. The van der Waals surface area contributed by atoms with Gasteiger partial charge in [-0.15, -0.1) is 0 Å². The van der Waals surface area contributed by atoms with E-state index in [0.29, 0.717) is 10.6 Å². The molecule has 1 rings (SSSR count). The summed E-state index contributed by atoms with van der Waals surface area (Å²) in [5, 5.41) is 17.7. The largest absolute Gasteiger partial charge is 0.392 e. The molecule has 0 amide bonds. The zero-order valence-electron chi connectivity index (χ0n) is 7.42. The van der Waals surface area contributed by atoms with E-state index < -0.39 is 0 Å². The Hall–Kier alpha value is -1.48. The summed E-state index contributed by atoms with van der Waals surface area (Å²) in [4.78, 5) is 0. The maximum atomic E-state index is 8.88. The third-order valence-corrected chi connectivity index (χ3v) is 1.93. The van der Waals surface area contributed by atoms with Gasteiger partial charge in [-0.1, -0.05) is 29.5 Å². The molecule has 0 aliphatic heterocycles. The molecule has 2 nitrogen and oxygen atoms in total. The average Bonchev–Trinajstić information content (AvgIpc) is 2.21. The Labute approximate surface area is 87.7 Å². The fourth-order valence-electron chi connectivity index (χ4n) is 0.946. The summed E-state index contributed by atoms with van der Waals surface area (Å²) in [6.07, 6.45) is 0.180. The smallest absolute Gasteiger partial charge is 0.0966 e. The zero-order chi connectivity index (χ0) is 10.4. The lowest BCUT2D eigenvalue weighted by Crippen LogP contribution is -1.85. The molecule has 1 aromatic rings. The zero-order valence-corrected chi connectivity index (χ0v) is 8.17.